The highest BCUT2D eigenvalue weighted by atomic mass is 16.1. The average Bonchev–Trinajstić information content (AvgIpc) is 3.05. The molecule has 1 nitrogen and oxygen atoms in total. The van der Waals surface area contributed by atoms with Gasteiger partial charge in [0.2, 0.25) is 0 Å². The summed E-state index contributed by atoms with van der Waals surface area (Å²) in [7, 11) is 0. The molecular weight excluding hydrogens is 484 g/mol. The lowest BCUT2D eigenvalue weighted by Gasteiger charge is -2.44. The van der Waals surface area contributed by atoms with Crippen LogP contribution in [0.5, 0.6) is 0 Å². The molecule has 0 aromatic heterocycles. The first-order valence-electron chi connectivity index (χ1n) is 13.7. The lowest BCUT2D eigenvalue weighted by Crippen LogP contribution is -2.52. The van der Waals surface area contributed by atoms with E-state index in [1.54, 1.807) is 0 Å². The molecule has 0 fully saturated rings. The van der Waals surface area contributed by atoms with Crippen LogP contribution in [0.25, 0.3) is 0 Å². The largest absolute Gasteiger partial charge is 0.296 e. The maximum atomic E-state index is 16.3. The predicted octanol–water partition coefficient (Wildman–Crippen LogP) is 8.62. The molecule has 0 saturated carbocycles. The highest BCUT2D eigenvalue weighted by molar-refractivity contribution is 6.09. The summed E-state index contributed by atoms with van der Waals surface area (Å²) in [5.41, 5.74) is 3.40. The molecule has 0 bridgehead atoms. The zero-order valence-corrected chi connectivity index (χ0v) is 22.2. The second-order valence-corrected chi connectivity index (χ2v) is 10.0. The Morgan fingerprint density at radius 3 is 0.575 bits per heavy atom. The van der Waals surface area contributed by atoms with Crippen LogP contribution in [-0.2, 0) is 15.6 Å². The molecule has 0 saturated heterocycles. The van der Waals surface area contributed by atoms with Gasteiger partial charge in [-0.2, -0.15) is 0 Å². The summed E-state index contributed by atoms with van der Waals surface area (Å²) in [5.74, 6) is 0.0761. The quantitative estimate of drug-likeness (QED) is 0.186. The minimum absolute atomic E-state index is 0.0761. The third-order valence-electron chi connectivity index (χ3n) is 7.92. The normalized spacial score (nSPS) is 11.6. The van der Waals surface area contributed by atoms with Crippen molar-refractivity contribution >= 4 is 5.78 Å². The van der Waals surface area contributed by atoms with E-state index < -0.39 is 10.8 Å². The number of rotatable bonds is 8. The van der Waals surface area contributed by atoms with Gasteiger partial charge < -0.3 is 0 Å². The number of ketones is 1. The van der Waals surface area contributed by atoms with Crippen molar-refractivity contribution in [1.82, 2.24) is 0 Å². The van der Waals surface area contributed by atoms with E-state index in [1.807, 2.05) is 109 Å². The van der Waals surface area contributed by atoms with Crippen LogP contribution in [0, 0.1) is 0 Å². The van der Waals surface area contributed by atoms with Crippen molar-refractivity contribution < 1.29 is 4.79 Å². The summed E-state index contributed by atoms with van der Waals surface area (Å²) >= 11 is 0. The molecule has 0 radical (unpaired) electrons. The SMILES string of the molecule is O=C(C(c1ccccc1)(c1ccccc1)c1ccccc1)C(c1ccccc1)(c1ccccc1)c1ccccc1. The maximum Gasteiger partial charge on any atom is 0.171 e. The van der Waals surface area contributed by atoms with Gasteiger partial charge in [0.1, 0.15) is 10.8 Å². The minimum Gasteiger partial charge on any atom is -0.296 e. The Bertz CT molecular complexity index is 1340. The van der Waals surface area contributed by atoms with Crippen LogP contribution in [0.3, 0.4) is 0 Å². The van der Waals surface area contributed by atoms with Crippen molar-refractivity contribution in [1.29, 1.82) is 0 Å². The van der Waals surface area contributed by atoms with Crippen LogP contribution >= 0.6 is 0 Å². The van der Waals surface area contributed by atoms with E-state index in [9.17, 15) is 0 Å². The highest BCUT2D eigenvalue weighted by Crippen LogP contribution is 2.50. The smallest absolute Gasteiger partial charge is 0.171 e. The topological polar surface area (TPSA) is 17.1 Å². The fourth-order valence-corrected chi connectivity index (χ4v) is 6.20. The Kier molecular flexibility index (Phi) is 6.95. The maximum absolute atomic E-state index is 16.3. The summed E-state index contributed by atoms with van der Waals surface area (Å²) in [6, 6.07) is 61.4. The Hall–Kier alpha value is -5.01. The van der Waals surface area contributed by atoms with Gasteiger partial charge in [-0.3, -0.25) is 4.79 Å². The third kappa shape index (κ3) is 4.08. The molecule has 0 heterocycles. The predicted molar refractivity (Wildman–Crippen MR) is 163 cm³/mol. The molecule has 0 spiro atoms. The lowest BCUT2D eigenvalue weighted by atomic mass is 9.54. The van der Waals surface area contributed by atoms with Crippen LogP contribution in [0.4, 0.5) is 0 Å². The molecule has 6 aromatic rings. The number of benzene rings is 6. The molecule has 6 rings (SSSR count). The van der Waals surface area contributed by atoms with Gasteiger partial charge in [-0.1, -0.05) is 182 Å². The van der Waals surface area contributed by atoms with Gasteiger partial charge in [0.15, 0.2) is 5.78 Å². The van der Waals surface area contributed by atoms with Gasteiger partial charge in [-0.25, -0.2) is 0 Å². The molecule has 1 heteroatoms. The summed E-state index contributed by atoms with van der Waals surface area (Å²) in [6.45, 7) is 0. The van der Waals surface area contributed by atoms with Gasteiger partial charge in [0, 0.05) is 0 Å². The zero-order valence-electron chi connectivity index (χ0n) is 22.2. The fraction of sp³-hybridized carbons (Fsp3) is 0.0513. The highest BCUT2D eigenvalue weighted by Gasteiger charge is 2.55. The molecule has 0 amide bonds. The molecule has 0 N–H and O–H groups in total. The molecule has 0 aliphatic rings. The molecular formula is C39H30O. The number of carbonyl (C=O) groups is 1. The second-order valence-electron chi connectivity index (χ2n) is 10.0. The third-order valence-corrected chi connectivity index (χ3v) is 7.92. The number of hydrogen-bond donors (Lipinski definition) is 0. The van der Waals surface area contributed by atoms with Gasteiger partial charge in [-0.05, 0) is 33.4 Å². The first-order valence-corrected chi connectivity index (χ1v) is 13.7. The molecule has 0 aliphatic heterocycles. The monoisotopic (exact) mass is 514 g/mol. The lowest BCUT2D eigenvalue weighted by molar-refractivity contribution is -0.125. The Balaban J connectivity index is 1.82. The minimum atomic E-state index is -1.11. The Morgan fingerprint density at radius 2 is 0.425 bits per heavy atom. The fourth-order valence-electron chi connectivity index (χ4n) is 6.20. The van der Waals surface area contributed by atoms with E-state index in [0.717, 1.165) is 33.4 Å². The van der Waals surface area contributed by atoms with Crippen LogP contribution in [-0.4, -0.2) is 5.78 Å². The van der Waals surface area contributed by atoms with Gasteiger partial charge in [-0.15, -0.1) is 0 Å². The van der Waals surface area contributed by atoms with Crippen molar-refractivity contribution in [3.8, 4) is 0 Å². The van der Waals surface area contributed by atoms with Crippen molar-refractivity contribution in [2.45, 2.75) is 10.8 Å². The molecule has 6 aromatic carbocycles. The van der Waals surface area contributed by atoms with Gasteiger partial charge >= 0.3 is 0 Å². The summed E-state index contributed by atoms with van der Waals surface area (Å²) in [5, 5.41) is 0. The Labute approximate surface area is 236 Å². The van der Waals surface area contributed by atoms with E-state index in [2.05, 4.69) is 72.8 Å². The first kappa shape index (κ1) is 25.3. The van der Waals surface area contributed by atoms with Gasteiger partial charge in [0.25, 0.3) is 0 Å². The summed E-state index contributed by atoms with van der Waals surface area (Å²) in [4.78, 5) is 16.3. The molecule has 0 atom stereocenters. The molecule has 0 unspecified atom stereocenters. The van der Waals surface area contributed by atoms with Crippen LogP contribution < -0.4 is 0 Å². The zero-order chi connectivity index (χ0) is 27.3. The van der Waals surface area contributed by atoms with Crippen molar-refractivity contribution in [3.63, 3.8) is 0 Å². The van der Waals surface area contributed by atoms with Crippen LogP contribution in [0.1, 0.15) is 33.4 Å². The van der Waals surface area contributed by atoms with Crippen molar-refractivity contribution in [3.05, 3.63) is 215 Å². The van der Waals surface area contributed by atoms with Crippen molar-refractivity contribution in [2.75, 3.05) is 0 Å². The standard InChI is InChI=1S/C39H30O/c40-37(38(31-19-7-1-8-20-31,32-21-9-2-10-22-32)33-23-11-3-12-24-33)39(34-25-13-4-14-26-34,35-27-15-5-16-28-35)36-29-17-6-18-30-36/h1-30H. The molecule has 40 heavy (non-hydrogen) atoms. The second kappa shape index (κ2) is 11.0. The molecule has 0 aliphatic carbocycles. The molecule has 192 valence electrons. The Morgan fingerprint density at radius 1 is 0.275 bits per heavy atom. The summed E-state index contributed by atoms with van der Waals surface area (Å²) < 4.78 is 0. The number of Topliss-reactive ketones (excluding diaryl/α,β-unsaturated/α-hetero) is 1. The van der Waals surface area contributed by atoms with Crippen LogP contribution in [0.15, 0.2) is 182 Å². The van der Waals surface area contributed by atoms with Crippen LogP contribution in [0.2, 0.25) is 0 Å². The number of carbonyl (C=O) groups excluding carboxylic acids is 1. The summed E-state index contributed by atoms with van der Waals surface area (Å²) in [6.07, 6.45) is 0. The van der Waals surface area contributed by atoms with E-state index in [0.29, 0.717) is 0 Å². The average molecular weight is 515 g/mol. The van der Waals surface area contributed by atoms with E-state index in [-0.39, 0.29) is 5.78 Å². The van der Waals surface area contributed by atoms with E-state index in [4.69, 9.17) is 0 Å². The first-order chi connectivity index (χ1) is 19.8. The van der Waals surface area contributed by atoms with E-state index >= 15 is 4.79 Å². The van der Waals surface area contributed by atoms with Gasteiger partial charge in [0.05, 0.1) is 0 Å². The van der Waals surface area contributed by atoms with E-state index in [1.165, 1.54) is 0 Å². The van der Waals surface area contributed by atoms with Crippen molar-refractivity contribution in [2.24, 2.45) is 0 Å². The number of hydrogen-bond acceptors (Lipinski definition) is 1.